The van der Waals surface area contributed by atoms with E-state index in [1.165, 1.54) is 12.4 Å². The number of aryl methyl sites for hydroxylation is 2. The number of nitrogens with zero attached hydrogens (tertiary/aromatic N) is 5. The van der Waals surface area contributed by atoms with Gasteiger partial charge in [0, 0.05) is 24.9 Å². The second kappa shape index (κ2) is 6.21. The molecule has 3 heterocycles. The van der Waals surface area contributed by atoms with E-state index in [0.717, 1.165) is 30.9 Å². The van der Waals surface area contributed by atoms with E-state index < -0.39 is 10.5 Å². The first-order valence-electron chi connectivity index (χ1n) is 8.40. The average Bonchev–Trinajstić information content (AvgIpc) is 3.04. The van der Waals surface area contributed by atoms with Crippen LogP contribution in [0.3, 0.4) is 0 Å². The summed E-state index contributed by atoms with van der Waals surface area (Å²) in [7, 11) is 0. The van der Waals surface area contributed by atoms with Gasteiger partial charge in [0.05, 0.1) is 28.7 Å². The molecule has 1 aliphatic rings. The summed E-state index contributed by atoms with van der Waals surface area (Å²) in [5.41, 5.74) is 0.216. The van der Waals surface area contributed by atoms with Gasteiger partial charge in [-0.3, -0.25) is 14.9 Å². The second-order valence-electron chi connectivity index (χ2n) is 6.24. The number of hydrogen-bond donors (Lipinski definition) is 2. The standard InChI is InChI=1S/C16H17N7O3/c1-2-14-20-15-4-3-9(7-22(15)21-14)19-12-6-11-10(5-13(12)23(25)26)16(24)18-8-17-11/h5-6,8-9,19H,2-4,7H2,1H3,(H,17,18,24). The Kier molecular flexibility index (Phi) is 3.86. The number of fused-ring (bicyclic) bond motifs is 2. The van der Waals surface area contributed by atoms with Crippen molar-refractivity contribution >= 4 is 22.3 Å². The van der Waals surface area contributed by atoms with Gasteiger partial charge in [-0.15, -0.1) is 0 Å². The van der Waals surface area contributed by atoms with Crippen LogP contribution >= 0.6 is 0 Å². The lowest BCUT2D eigenvalue weighted by molar-refractivity contribution is -0.383. The minimum absolute atomic E-state index is 0.0212. The van der Waals surface area contributed by atoms with E-state index in [-0.39, 0.29) is 17.1 Å². The van der Waals surface area contributed by atoms with Gasteiger partial charge in [-0.25, -0.2) is 14.6 Å². The van der Waals surface area contributed by atoms with Gasteiger partial charge >= 0.3 is 0 Å². The predicted octanol–water partition coefficient (Wildman–Crippen LogP) is 1.41. The summed E-state index contributed by atoms with van der Waals surface area (Å²) in [5, 5.41) is 19.3. The summed E-state index contributed by atoms with van der Waals surface area (Å²) < 4.78 is 1.86. The van der Waals surface area contributed by atoms with Gasteiger partial charge in [-0.1, -0.05) is 6.92 Å². The molecule has 1 aliphatic heterocycles. The Balaban J connectivity index is 1.67. The molecule has 0 fully saturated rings. The quantitative estimate of drug-likeness (QED) is 0.534. The highest BCUT2D eigenvalue weighted by atomic mass is 16.6. The van der Waals surface area contributed by atoms with Gasteiger partial charge in [0.1, 0.15) is 11.5 Å². The summed E-state index contributed by atoms with van der Waals surface area (Å²) in [6.45, 7) is 2.59. The monoisotopic (exact) mass is 355 g/mol. The molecule has 0 bridgehead atoms. The molecule has 4 rings (SSSR count). The van der Waals surface area contributed by atoms with Crippen molar-refractivity contribution in [2.45, 2.75) is 38.8 Å². The molecule has 2 aromatic heterocycles. The number of nitrogens with one attached hydrogen (secondary N) is 2. The van der Waals surface area contributed by atoms with Crippen molar-refractivity contribution in [3.63, 3.8) is 0 Å². The van der Waals surface area contributed by atoms with E-state index in [4.69, 9.17) is 0 Å². The third kappa shape index (κ3) is 2.79. The minimum atomic E-state index is -0.493. The molecule has 0 amide bonds. The van der Waals surface area contributed by atoms with E-state index in [1.807, 2.05) is 11.6 Å². The van der Waals surface area contributed by atoms with Gasteiger partial charge in [-0.2, -0.15) is 5.10 Å². The highest BCUT2D eigenvalue weighted by molar-refractivity contribution is 5.86. The van der Waals surface area contributed by atoms with Gasteiger partial charge in [0.2, 0.25) is 0 Å². The van der Waals surface area contributed by atoms with Crippen LogP contribution in [0.15, 0.2) is 23.3 Å². The first-order chi connectivity index (χ1) is 12.5. The van der Waals surface area contributed by atoms with E-state index >= 15 is 0 Å². The fourth-order valence-electron chi connectivity index (χ4n) is 3.22. The van der Waals surface area contributed by atoms with Crippen molar-refractivity contribution in [3.8, 4) is 0 Å². The summed E-state index contributed by atoms with van der Waals surface area (Å²) in [4.78, 5) is 33.8. The summed E-state index contributed by atoms with van der Waals surface area (Å²) in [5.74, 6) is 1.75. The molecule has 0 saturated carbocycles. The number of rotatable bonds is 4. The number of anilines is 1. The number of H-pyrrole nitrogens is 1. The Morgan fingerprint density at radius 1 is 1.46 bits per heavy atom. The van der Waals surface area contributed by atoms with E-state index in [0.29, 0.717) is 17.7 Å². The Labute approximate surface area is 147 Å². The van der Waals surface area contributed by atoms with Crippen LogP contribution in [0.4, 0.5) is 11.4 Å². The summed E-state index contributed by atoms with van der Waals surface area (Å²) >= 11 is 0. The van der Waals surface area contributed by atoms with Gasteiger partial charge in [-0.05, 0) is 12.5 Å². The minimum Gasteiger partial charge on any atom is -0.375 e. The SMILES string of the molecule is CCc1nc2n(n1)CC(Nc1cc3nc[nH]c(=O)c3cc1[N+](=O)[O-])CC2. The first kappa shape index (κ1) is 16.2. The normalized spacial score (nSPS) is 16.4. The molecule has 3 aromatic rings. The van der Waals surface area contributed by atoms with Crippen LogP contribution in [-0.2, 0) is 19.4 Å². The molecule has 0 spiro atoms. The lowest BCUT2D eigenvalue weighted by Gasteiger charge is -2.24. The zero-order valence-corrected chi connectivity index (χ0v) is 14.1. The van der Waals surface area contributed by atoms with Gasteiger partial charge in [0.15, 0.2) is 5.82 Å². The van der Waals surface area contributed by atoms with Crippen LogP contribution < -0.4 is 10.9 Å². The molecule has 0 aliphatic carbocycles. The highest BCUT2D eigenvalue weighted by Crippen LogP contribution is 2.29. The summed E-state index contributed by atoms with van der Waals surface area (Å²) in [6.07, 6.45) is 3.60. The number of aromatic amines is 1. The maximum absolute atomic E-state index is 11.9. The van der Waals surface area contributed by atoms with Crippen LogP contribution in [0.1, 0.15) is 25.0 Å². The Bertz CT molecular complexity index is 1060. The zero-order chi connectivity index (χ0) is 18.3. The maximum atomic E-state index is 11.9. The average molecular weight is 355 g/mol. The Morgan fingerprint density at radius 3 is 3.08 bits per heavy atom. The molecular weight excluding hydrogens is 338 g/mol. The third-order valence-corrected chi connectivity index (χ3v) is 4.53. The molecule has 2 N–H and O–H groups in total. The van der Waals surface area contributed by atoms with E-state index in [1.54, 1.807) is 6.07 Å². The number of nitro benzene ring substituents is 1. The Morgan fingerprint density at radius 2 is 2.31 bits per heavy atom. The van der Waals surface area contributed by atoms with Crippen LogP contribution in [-0.4, -0.2) is 35.7 Å². The summed E-state index contributed by atoms with van der Waals surface area (Å²) in [6, 6.07) is 2.80. The number of hydrogen-bond acceptors (Lipinski definition) is 7. The van der Waals surface area contributed by atoms with Crippen molar-refractivity contribution in [3.05, 3.63) is 50.6 Å². The fourth-order valence-corrected chi connectivity index (χ4v) is 3.22. The fraction of sp³-hybridized carbons (Fsp3) is 0.375. The zero-order valence-electron chi connectivity index (χ0n) is 14.1. The molecule has 134 valence electrons. The molecule has 0 saturated heterocycles. The molecular formula is C16H17N7O3. The molecule has 10 heteroatoms. The topological polar surface area (TPSA) is 132 Å². The molecule has 0 radical (unpaired) electrons. The van der Waals surface area contributed by atoms with Gasteiger partial charge in [0.25, 0.3) is 11.2 Å². The van der Waals surface area contributed by atoms with Crippen molar-refractivity contribution in [2.24, 2.45) is 0 Å². The first-order valence-corrected chi connectivity index (χ1v) is 8.40. The number of nitro groups is 1. The molecule has 26 heavy (non-hydrogen) atoms. The molecule has 1 unspecified atom stereocenters. The predicted molar refractivity (Wildman–Crippen MR) is 94.1 cm³/mol. The van der Waals surface area contributed by atoms with E-state index in [2.05, 4.69) is 25.4 Å². The maximum Gasteiger partial charge on any atom is 0.293 e. The van der Waals surface area contributed by atoms with Gasteiger partial charge < -0.3 is 10.3 Å². The molecule has 10 nitrogen and oxygen atoms in total. The van der Waals surface area contributed by atoms with Crippen LogP contribution in [0, 0.1) is 10.1 Å². The highest BCUT2D eigenvalue weighted by Gasteiger charge is 2.24. The van der Waals surface area contributed by atoms with Crippen LogP contribution in [0.25, 0.3) is 10.9 Å². The van der Waals surface area contributed by atoms with Crippen molar-refractivity contribution < 1.29 is 4.92 Å². The van der Waals surface area contributed by atoms with Crippen molar-refractivity contribution in [1.29, 1.82) is 0 Å². The smallest absolute Gasteiger partial charge is 0.293 e. The lowest BCUT2D eigenvalue weighted by atomic mass is 10.1. The largest absolute Gasteiger partial charge is 0.375 e. The Hall–Kier alpha value is -3.30. The lowest BCUT2D eigenvalue weighted by Crippen LogP contribution is -2.32. The van der Waals surface area contributed by atoms with Crippen molar-refractivity contribution in [2.75, 3.05) is 5.32 Å². The van der Waals surface area contributed by atoms with E-state index in [9.17, 15) is 14.9 Å². The van der Waals surface area contributed by atoms with Crippen molar-refractivity contribution in [1.82, 2.24) is 24.7 Å². The van der Waals surface area contributed by atoms with Crippen LogP contribution in [0.5, 0.6) is 0 Å². The molecule has 1 atom stereocenters. The number of benzene rings is 1. The molecule has 1 aromatic carbocycles. The third-order valence-electron chi connectivity index (χ3n) is 4.53. The second-order valence-corrected chi connectivity index (χ2v) is 6.24. The number of aromatic nitrogens is 5. The van der Waals surface area contributed by atoms with Crippen LogP contribution in [0.2, 0.25) is 0 Å².